The SMILES string of the molecule is C[C@H]1CN([C@@H](C)CO)C(=O)Cc2cc(NC(=O)Nc3cccc4ccccc34)ccc2O[C@H]1CN(C)Cc1ccc(Oc2ccccc2)cc1. The van der Waals surface area contributed by atoms with E-state index in [1.165, 1.54) is 0 Å². The maximum Gasteiger partial charge on any atom is 0.323 e. The van der Waals surface area contributed by atoms with Crippen molar-refractivity contribution in [3.63, 3.8) is 0 Å². The summed E-state index contributed by atoms with van der Waals surface area (Å²) < 4.78 is 12.7. The molecule has 258 valence electrons. The van der Waals surface area contributed by atoms with Gasteiger partial charge in [0.05, 0.1) is 24.8 Å². The van der Waals surface area contributed by atoms with E-state index in [1.807, 2.05) is 97.9 Å². The van der Waals surface area contributed by atoms with Gasteiger partial charge in [-0.15, -0.1) is 0 Å². The lowest BCUT2D eigenvalue weighted by atomic mass is 10.0. The molecule has 50 heavy (non-hydrogen) atoms. The molecule has 3 N–H and O–H groups in total. The highest BCUT2D eigenvalue weighted by atomic mass is 16.5. The molecule has 5 aromatic carbocycles. The van der Waals surface area contributed by atoms with Crippen LogP contribution in [0, 0.1) is 5.92 Å². The zero-order chi connectivity index (χ0) is 35.0. The minimum atomic E-state index is -0.389. The van der Waals surface area contributed by atoms with E-state index in [4.69, 9.17) is 9.47 Å². The molecule has 0 saturated heterocycles. The van der Waals surface area contributed by atoms with Gasteiger partial charge in [-0.25, -0.2) is 4.79 Å². The van der Waals surface area contributed by atoms with Crippen LogP contribution in [0.25, 0.3) is 10.8 Å². The zero-order valence-electron chi connectivity index (χ0n) is 28.7. The molecule has 0 bridgehead atoms. The van der Waals surface area contributed by atoms with Gasteiger partial charge in [-0.05, 0) is 73.5 Å². The van der Waals surface area contributed by atoms with Crippen molar-refractivity contribution in [2.75, 3.05) is 37.4 Å². The lowest BCUT2D eigenvalue weighted by molar-refractivity contribution is -0.134. The molecule has 0 saturated carbocycles. The summed E-state index contributed by atoms with van der Waals surface area (Å²) in [6.07, 6.45) is -0.181. The molecular formula is C41H44N4O5. The highest BCUT2D eigenvalue weighted by Crippen LogP contribution is 2.30. The Bertz CT molecular complexity index is 1910. The molecule has 5 aromatic rings. The molecule has 9 heteroatoms. The average Bonchev–Trinajstić information content (AvgIpc) is 3.16. The summed E-state index contributed by atoms with van der Waals surface area (Å²) in [5.74, 6) is 2.03. The highest BCUT2D eigenvalue weighted by Gasteiger charge is 2.31. The predicted molar refractivity (Wildman–Crippen MR) is 198 cm³/mol. The Morgan fingerprint density at radius 3 is 2.44 bits per heavy atom. The first-order valence-electron chi connectivity index (χ1n) is 17.0. The highest BCUT2D eigenvalue weighted by molar-refractivity contribution is 6.06. The van der Waals surface area contributed by atoms with Crippen molar-refractivity contribution in [3.8, 4) is 17.2 Å². The fourth-order valence-corrected chi connectivity index (χ4v) is 6.32. The van der Waals surface area contributed by atoms with Gasteiger partial charge in [0, 0.05) is 42.2 Å². The molecule has 0 aliphatic carbocycles. The Morgan fingerprint density at radius 1 is 0.940 bits per heavy atom. The molecule has 1 heterocycles. The van der Waals surface area contributed by atoms with E-state index in [0.717, 1.165) is 27.8 Å². The molecule has 3 atom stereocenters. The van der Waals surface area contributed by atoms with E-state index in [-0.39, 0.29) is 43.0 Å². The second kappa shape index (κ2) is 15.9. The number of fused-ring (bicyclic) bond motifs is 2. The largest absolute Gasteiger partial charge is 0.488 e. The molecule has 0 unspecified atom stereocenters. The second-order valence-corrected chi connectivity index (χ2v) is 13.1. The number of hydrogen-bond donors (Lipinski definition) is 3. The van der Waals surface area contributed by atoms with E-state index in [1.54, 1.807) is 17.0 Å². The first-order chi connectivity index (χ1) is 24.2. The number of para-hydroxylation sites is 1. The van der Waals surface area contributed by atoms with E-state index in [2.05, 4.69) is 41.6 Å². The van der Waals surface area contributed by atoms with Crippen LogP contribution in [0.15, 0.2) is 115 Å². The van der Waals surface area contributed by atoms with Gasteiger partial charge >= 0.3 is 6.03 Å². The Hall–Kier alpha value is -5.38. The smallest absolute Gasteiger partial charge is 0.323 e. The minimum absolute atomic E-state index is 0.0349. The summed E-state index contributed by atoms with van der Waals surface area (Å²) in [7, 11) is 2.05. The molecule has 1 aliphatic rings. The number of hydrogen-bond acceptors (Lipinski definition) is 6. The van der Waals surface area contributed by atoms with Crippen molar-refractivity contribution >= 4 is 34.1 Å². The summed E-state index contributed by atoms with van der Waals surface area (Å²) in [4.78, 5) is 30.7. The van der Waals surface area contributed by atoms with Gasteiger partial charge in [-0.3, -0.25) is 9.69 Å². The first-order valence-corrected chi connectivity index (χ1v) is 17.0. The van der Waals surface area contributed by atoms with E-state index in [9.17, 15) is 14.7 Å². The Balaban J connectivity index is 1.17. The Kier molecular flexibility index (Phi) is 11.0. The second-order valence-electron chi connectivity index (χ2n) is 13.1. The summed E-state index contributed by atoms with van der Waals surface area (Å²) in [5.41, 5.74) is 3.05. The van der Waals surface area contributed by atoms with Crippen molar-refractivity contribution in [3.05, 3.63) is 126 Å². The van der Waals surface area contributed by atoms with Crippen LogP contribution < -0.4 is 20.1 Å². The maximum absolute atomic E-state index is 13.7. The van der Waals surface area contributed by atoms with Crippen molar-refractivity contribution in [1.82, 2.24) is 9.80 Å². The van der Waals surface area contributed by atoms with Crippen molar-refractivity contribution in [1.29, 1.82) is 0 Å². The molecular weight excluding hydrogens is 628 g/mol. The maximum atomic E-state index is 13.7. The minimum Gasteiger partial charge on any atom is -0.488 e. The number of anilines is 2. The van der Waals surface area contributed by atoms with Gasteiger partial charge in [0.2, 0.25) is 5.91 Å². The number of benzene rings is 5. The topological polar surface area (TPSA) is 103 Å². The lowest BCUT2D eigenvalue weighted by Crippen LogP contribution is -2.47. The van der Waals surface area contributed by atoms with E-state index < -0.39 is 0 Å². The fraction of sp³-hybridized carbons (Fsp3) is 0.268. The molecule has 0 radical (unpaired) electrons. The molecule has 1 aliphatic heterocycles. The number of ether oxygens (including phenoxy) is 2. The van der Waals surface area contributed by atoms with Gasteiger partial charge in [0.25, 0.3) is 0 Å². The quantitative estimate of drug-likeness (QED) is 0.142. The lowest BCUT2D eigenvalue weighted by Gasteiger charge is -2.34. The number of likely N-dealkylation sites (N-methyl/N-ethyl adjacent to an activating group) is 1. The van der Waals surface area contributed by atoms with Crippen LogP contribution >= 0.6 is 0 Å². The first kappa shape index (κ1) is 34.5. The van der Waals surface area contributed by atoms with Crippen molar-refractivity contribution in [2.24, 2.45) is 5.92 Å². The van der Waals surface area contributed by atoms with Gasteiger partial charge in [0.1, 0.15) is 23.4 Å². The predicted octanol–water partition coefficient (Wildman–Crippen LogP) is 7.56. The molecule has 0 spiro atoms. The Morgan fingerprint density at radius 2 is 1.66 bits per heavy atom. The third-order valence-electron chi connectivity index (χ3n) is 9.06. The number of amides is 3. The third-order valence-corrected chi connectivity index (χ3v) is 9.06. The van der Waals surface area contributed by atoms with Crippen LogP contribution in [0.5, 0.6) is 17.2 Å². The number of aliphatic hydroxyl groups is 1. The summed E-state index contributed by atoms with van der Waals surface area (Å²) in [6.45, 7) is 5.53. The van der Waals surface area contributed by atoms with Crippen LogP contribution in [-0.4, -0.2) is 65.7 Å². The fourth-order valence-electron chi connectivity index (χ4n) is 6.32. The molecule has 3 amide bonds. The number of nitrogens with zero attached hydrogens (tertiary/aromatic N) is 2. The standard InChI is InChI=1S/C41H44N4O5/c1-28-24-45(29(2)27-46)40(47)23-32-22-33(42-41(48)43-37-15-9-11-31-10-7-8-14-36(31)37)18-21-38(32)50-39(28)26-44(3)25-30-16-19-35(20-17-30)49-34-12-5-4-6-13-34/h4-22,28-29,39,46H,23-27H2,1-3H3,(H2,42,43,48)/t28-,29-,39-/m0/s1. The summed E-state index contributed by atoms with van der Waals surface area (Å²) in [6, 6.07) is 36.1. The monoisotopic (exact) mass is 672 g/mol. The van der Waals surface area contributed by atoms with Gasteiger partial charge in [-0.1, -0.05) is 73.7 Å². The number of carbonyl (C=O) groups excluding carboxylic acids is 2. The molecule has 6 rings (SSSR count). The van der Waals surface area contributed by atoms with Crippen molar-refractivity contribution < 1.29 is 24.2 Å². The van der Waals surface area contributed by atoms with E-state index >= 15 is 0 Å². The molecule has 9 nitrogen and oxygen atoms in total. The van der Waals surface area contributed by atoms with Gasteiger partial charge in [0.15, 0.2) is 0 Å². The number of rotatable bonds is 10. The van der Waals surface area contributed by atoms with Crippen LogP contribution in [0.2, 0.25) is 0 Å². The number of urea groups is 1. The van der Waals surface area contributed by atoms with Crippen LogP contribution in [0.1, 0.15) is 25.0 Å². The van der Waals surface area contributed by atoms with Crippen molar-refractivity contribution in [2.45, 2.75) is 39.0 Å². The Labute approximate surface area is 293 Å². The normalized spacial score (nSPS) is 16.8. The van der Waals surface area contributed by atoms with E-state index in [0.29, 0.717) is 42.3 Å². The molecule has 0 fully saturated rings. The summed E-state index contributed by atoms with van der Waals surface area (Å²) in [5, 5.41) is 17.9. The number of carbonyl (C=O) groups is 2. The third kappa shape index (κ3) is 8.61. The zero-order valence-corrected chi connectivity index (χ0v) is 28.7. The number of nitrogens with one attached hydrogen (secondary N) is 2. The van der Waals surface area contributed by atoms with Crippen LogP contribution in [0.3, 0.4) is 0 Å². The van der Waals surface area contributed by atoms with Gasteiger partial charge in [-0.2, -0.15) is 0 Å². The number of aliphatic hydroxyl groups excluding tert-OH is 1. The van der Waals surface area contributed by atoms with Crippen LogP contribution in [0.4, 0.5) is 16.2 Å². The average molecular weight is 673 g/mol. The van der Waals surface area contributed by atoms with Crippen LogP contribution in [-0.2, 0) is 17.8 Å². The molecule has 0 aromatic heterocycles. The van der Waals surface area contributed by atoms with Gasteiger partial charge < -0.3 is 30.1 Å². The summed E-state index contributed by atoms with van der Waals surface area (Å²) >= 11 is 0.